The number of rotatable bonds is 3. The lowest BCUT2D eigenvalue weighted by molar-refractivity contribution is 0.158. The highest BCUT2D eigenvalue weighted by Crippen LogP contribution is 2.44. The van der Waals surface area contributed by atoms with Gasteiger partial charge in [0.15, 0.2) is 0 Å². The summed E-state index contributed by atoms with van der Waals surface area (Å²) in [6.07, 6.45) is 3.49. The van der Waals surface area contributed by atoms with Crippen LogP contribution in [0, 0.1) is 0 Å². The summed E-state index contributed by atoms with van der Waals surface area (Å²) < 4.78 is 5.61. The van der Waals surface area contributed by atoms with Gasteiger partial charge in [0, 0.05) is 18.2 Å². The quantitative estimate of drug-likeness (QED) is 0.674. The van der Waals surface area contributed by atoms with Crippen molar-refractivity contribution < 1.29 is 9.53 Å². The van der Waals surface area contributed by atoms with Gasteiger partial charge in [-0.25, -0.2) is 4.79 Å². The van der Waals surface area contributed by atoms with E-state index in [1.807, 2.05) is 54.7 Å². The minimum absolute atomic E-state index is 0.0655. The molecule has 5 rings (SSSR count). The van der Waals surface area contributed by atoms with E-state index in [9.17, 15) is 4.79 Å². The van der Waals surface area contributed by atoms with Crippen LogP contribution >= 0.6 is 0 Å². The molecule has 138 valence electrons. The van der Waals surface area contributed by atoms with Gasteiger partial charge in [-0.15, -0.1) is 0 Å². The van der Waals surface area contributed by atoms with E-state index in [0.29, 0.717) is 6.61 Å². The standard InChI is InChI=1S/C24H20N2O2/c27-24(26-18-10-9-17-14-25-12-11-16(17)13-18)28-15-23-21-7-3-1-5-19(21)20-6-2-4-8-22(20)23/h1-13,23,25H,14-15H2,(H,26,27). The van der Waals surface area contributed by atoms with Crippen molar-refractivity contribution in [3.05, 3.63) is 95.2 Å². The first-order valence-corrected chi connectivity index (χ1v) is 9.44. The highest BCUT2D eigenvalue weighted by molar-refractivity contribution is 5.86. The molecule has 0 saturated carbocycles. The molecule has 4 nitrogen and oxygen atoms in total. The monoisotopic (exact) mass is 368 g/mol. The zero-order valence-electron chi connectivity index (χ0n) is 15.3. The van der Waals surface area contributed by atoms with Crippen LogP contribution in [-0.2, 0) is 11.3 Å². The van der Waals surface area contributed by atoms with Gasteiger partial charge in [0.2, 0.25) is 0 Å². The Hall–Kier alpha value is -3.53. The number of carbonyl (C=O) groups is 1. The maximum atomic E-state index is 12.4. The van der Waals surface area contributed by atoms with Crippen molar-refractivity contribution in [2.45, 2.75) is 12.5 Å². The van der Waals surface area contributed by atoms with Crippen molar-refractivity contribution >= 4 is 17.9 Å². The first kappa shape index (κ1) is 16.6. The number of ether oxygens (including phenoxy) is 1. The van der Waals surface area contributed by atoms with E-state index in [1.54, 1.807) is 0 Å². The maximum Gasteiger partial charge on any atom is 0.411 e. The molecule has 1 aliphatic heterocycles. The molecule has 28 heavy (non-hydrogen) atoms. The van der Waals surface area contributed by atoms with Crippen molar-refractivity contribution in [2.75, 3.05) is 11.9 Å². The molecule has 4 heteroatoms. The van der Waals surface area contributed by atoms with Gasteiger partial charge < -0.3 is 10.1 Å². The molecule has 0 fully saturated rings. The summed E-state index contributed by atoms with van der Waals surface area (Å²) in [7, 11) is 0. The predicted octanol–water partition coefficient (Wildman–Crippen LogP) is 5.12. The molecule has 0 atom stereocenters. The first-order valence-electron chi connectivity index (χ1n) is 9.44. The third-order valence-electron chi connectivity index (χ3n) is 5.41. The van der Waals surface area contributed by atoms with E-state index in [4.69, 9.17) is 4.74 Å². The molecule has 0 aromatic heterocycles. The molecule has 0 bridgehead atoms. The summed E-state index contributed by atoms with van der Waals surface area (Å²) in [6.45, 7) is 1.12. The predicted molar refractivity (Wildman–Crippen MR) is 111 cm³/mol. The van der Waals surface area contributed by atoms with Crippen LogP contribution in [0.25, 0.3) is 17.2 Å². The Balaban J connectivity index is 1.30. The Kier molecular flexibility index (Phi) is 4.09. The van der Waals surface area contributed by atoms with Crippen LogP contribution in [0.5, 0.6) is 0 Å². The number of fused-ring (bicyclic) bond motifs is 4. The van der Waals surface area contributed by atoms with Crippen molar-refractivity contribution in [2.24, 2.45) is 0 Å². The molecular weight excluding hydrogens is 348 g/mol. The SMILES string of the molecule is O=C(Nc1ccc2c(c1)C=CNC2)OCC1c2ccccc2-c2ccccc21. The Morgan fingerprint density at radius 1 is 1.00 bits per heavy atom. The third kappa shape index (κ3) is 2.93. The second-order valence-corrected chi connectivity index (χ2v) is 7.08. The lowest BCUT2D eigenvalue weighted by atomic mass is 9.98. The lowest BCUT2D eigenvalue weighted by Gasteiger charge is -2.16. The van der Waals surface area contributed by atoms with Crippen LogP contribution in [-0.4, -0.2) is 12.7 Å². The Labute approximate surface area is 163 Å². The summed E-state index contributed by atoms with van der Waals surface area (Å²) in [6, 6.07) is 22.5. The number of benzene rings is 3. The largest absolute Gasteiger partial charge is 0.448 e. The molecule has 3 aromatic carbocycles. The van der Waals surface area contributed by atoms with Gasteiger partial charge in [-0.2, -0.15) is 0 Å². The van der Waals surface area contributed by atoms with Crippen LogP contribution in [0.3, 0.4) is 0 Å². The third-order valence-corrected chi connectivity index (χ3v) is 5.41. The molecule has 2 aliphatic rings. The zero-order chi connectivity index (χ0) is 18.9. The molecular formula is C24H20N2O2. The molecule has 1 heterocycles. The van der Waals surface area contributed by atoms with E-state index in [0.717, 1.165) is 17.8 Å². The summed E-state index contributed by atoms with van der Waals surface area (Å²) in [5.41, 5.74) is 7.92. The molecule has 0 spiro atoms. The van der Waals surface area contributed by atoms with E-state index in [-0.39, 0.29) is 5.92 Å². The van der Waals surface area contributed by atoms with Crippen molar-refractivity contribution in [1.82, 2.24) is 5.32 Å². The first-order chi connectivity index (χ1) is 13.8. The Morgan fingerprint density at radius 2 is 1.71 bits per heavy atom. The summed E-state index contributed by atoms with van der Waals surface area (Å²) >= 11 is 0. The Morgan fingerprint density at radius 3 is 2.46 bits per heavy atom. The van der Waals surface area contributed by atoms with Gasteiger partial charge in [-0.3, -0.25) is 5.32 Å². The topological polar surface area (TPSA) is 50.4 Å². The highest BCUT2D eigenvalue weighted by atomic mass is 16.5. The highest BCUT2D eigenvalue weighted by Gasteiger charge is 2.29. The smallest absolute Gasteiger partial charge is 0.411 e. The number of hydrogen-bond donors (Lipinski definition) is 2. The average molecular weight is 368 g/mol. The normalized spacial score (nSPS) is 13.9. The van der Waals surface area contributed by atoms with Crippen LogP contribution in [0.15, 0.2) is 72.9 Å². The van der Waals surface area contributed by atoms with E-state index >= 15 is 0 Å². The molecule has 1 aliphatic carbocycles. The van der Waals surface area contributed by atoms with Crippen LogP contribution in [0.4, 0.5) is 10.5 Å². The fraction of sp³-hybridized carbons (Fsp3) is 0.125. The summed E-state index contributed by atoms with van der Waals surface area (Å²) in [4.78, 5) is 12.4. The minimum Gasteiger partial charge on any atom is -0.448 e. The van der Waals surface area contributed by atoms with Gasteiger partial charge in [-0.05, 0) is 57.8 Å². The number of anilines is 1. The second kappa shape index (κ2) is 6.89. The van der Waals surface area contributed by atoms with Crippen LogP contribution < -0.4 is 10.6 Å². The van der Waals surface area contributed by atoms with Gasteiger partial charge in [-0.1, -0.05) is 54.6 Å². The number of amides is 1. The molecule has 1 amide bonds. The van der Waals surface area contributed by atoms with Gasteiger partial charge in [0.05, 0.1) is 0 Å². The van der Waals surface area contributed by atoms with E-state index < -0.39 is 6.09 Å². The zero-order valence-corrected chi connectivity index (χ0v) is 15.3. The van der Waals surface area contributed by atoms with E-state index in [2.05, 4.69) is 34.9 Å². The van der Waals surface area contributed by atoms with Crippen molar-refractivity contribution in [3.63, 3.8) is 0 Å². The lowest BCUT2D eigenvalue weighted by Crippen LogP contribution is -2.18. The van der Waals surface area contributed by atoms with Gasteiger partial charge >= 0.3 is 6.09 Å². The fourth-order valence-corrected chi connectivity index (χ4v) is 4.06. The maximum absolute atomic E-state index is 12.4. The van der Waals surface area contributed by atoms with Crippen molar-refractivity contribution in [3.8, 4) is 11.1 Å². The van der Waals surface area contributed by atoms with Gasteiger partial charge in [0.25, 0.3) is 0 Å². The van der Waals surface area contributed by atoms with Crippen LogP contribution in [0.1, 0.15) is 28.2 Å². The summed E-state index contributed by atoms with van der Waals surface area (Å²) in [5.74, 6) is 0.0655. The Bertz CT molecular complexity index is 1040. The summed E-state index contributed by atoms with van der Waals surface area (Å²) in [5, 5.41) is 6.02. The minimum atomic E-state index is -0.431. The van der Waals surface area contributed by atoms with Crippen LogP contribution in [0.2, 0.25) is 0 Å². The number of nitrogens with one attached hydrogen (secondary N) is 2. The molecule has 0 radical (unpaired) electrons. The molecule has 0 saturated heterocycles. The number of hydrogen-bond acceptors (Lipinski definition) is 3. The second-order valence-electron chi connectivity index (χ2n) is 7.08. The molecule has 0 unspecified atom stereocenters. The van der Waals surface area contributed by atoms with Crippen molar-refractivity contribution in [1.29, 1.82) is 0 Å². The van der Waals surface area contributed by atoms with E-state index in [1.165, 1.54) is 27.8 Å². The fourth-order valence-electron chi connectivity index (χ4n) is 4.06. The molecule has 3 aromatic rings. The van der Waals surface area contributed by atoms with Gasteiger partial charge in [0.1, 0.15) is 6.61 Å². The average Bonchev–Trinajstić information content (AvgIpc) is 3.06. The number of carbonyl (C=O) groups excluding carboxylic acids is 1. The molecule has 2 N–H and O–H groups in total.